The standard InChI is InChI=1S/C18H27FN4O4.ClH/c1-4-5-13(20)16(25)17(26)21-10-14(24)22-15(18(27)23(2)3)11-6-8-12(19)9-7-11;/h6-9,13,15-16,25H,4-5,10,20H2,1-3H3,(H,21,26)(H,22,24);1H/t13-,15?,16?;/m0./s1. The minimum Gasteiger partial charge on any atom is -0.382 e. The summed E-state index contributed by atoms with van der Waals surface area (Å²) in [6, 6.07) is 3.41. The number of likely N-dealkylation sites (N-methyl/N-ethyl adjacent to an activating group) is 1. The Morgan fingerprint density at radius 1 is 1.21 bits per heavy atom. The molecule has 0 heterocycles. The number of hydrogen-bond acceptors (Lipinski definition) is 5. The number of nitrogens with one attached hydrogen (secondary N) is 2. The molecule has 1 aromatic rings. The van der Waals surface area contributed by atoms with E-state index in [4.69, 9.17) is 5.73 Å². The van der Waals surface area contributed by atoms with Crippen LogP contribution in [0.4, 0.5) is 4.39 Å². The van der Waals surface area contributed by atoms with Gasteiger partial charge in [-0.15, -0.1) is 12.4 Å². The summed E-state index contributed by atoms with van der Waals surface area (Å²) >= 11 is 0. The van der Waals surface area contributed by atoms with Crippen LogP contribution in [0.3, 0.4) is 0 Å². The van der Waals surface area contributed by atoms with Crippen LogP contribution in [0.2, 0.25) is 0 Å². The summed E-state index contributed by atoms with van der Waals surface area (Å²) in [4.78, 5) is 37.7. The molecule has 0 fully saturated rings. The Morgan fingerprint density at radius 2 is 1.79 bits per heavy atom. The van der Waals surface area contributed by atoms with E-state index in [0.717, 1.165) is 0 Å². The minimum absolute atomic E-state index is 0. The lowest BCUT2D eigenvalue weighted by Crippen LogP contribution is -2.49. The monoisotopic (exact) mass is 418 g/mol. The van der Waals surface area contributed by atoms with Gasteiger partial charge in [-0.05, 0) is 24.1 Å². The van der Waals surface area contributed by atoms with Crippen molar-refractivity contribution in [1.29, 1.82) is 0 Å². The first-order valence-electron chi connectivity index (χ1n) is 8.64. The second-order valence-corrected chi connectivity index (χ2v) is 6.40. The highest BCUT2D eigenvalue weighted by atomic mass is 35.5. The highest BCUT2D eigenvalue weighted by Gasteiger charge is 2.26. The first-order valence-corrected chi connectivity index (χ1v) is 8.64. The van der Waals surface area contributed by atoms with Gasteiger partial charge in [0.25, 0.3) is 5.91 Å². The van der Waals surface area contributed by atoms with Gasteiger partial charge in [0.15, 0.2) is 0 Å². The molecule has 0 aliphatic heterocycles. The average Bonchev–Trinajstić information content (AvgIpc) is 2.63. The van der Waals surface area contributed by atoms with Gasteiger partial charge in [-0.25, -0.2) is 4.39 Å². The van der Waals surface area contributed by atoms with E-state index in [2.05, 4.69) is 10.6 Å². The Hall–Kier alpha value is -2.23. The van der Waals surface area contributed by atoms with Crippen LogP contribution in [-0.4, -0.2) is 60.5 Å². The van der Waals surface area contributed by atoms with Crippen LogP contribution in [0.5, 0.6) is 0 Å². The number of carbonyl (C=O) groups is 3. The van der Waals surface area contributed by atoms with E-state index >= 15 is 0 Å². The molecule has 3 amide bonds. The van der Waals surface area contributed by atoms with Crippen molar-refractivity contribution in [3.63, 3.8) is 0 Å². The van der Waals surface area contributed by atoms with E-state index < -0.39 is 48.3 Å². The van der Waals surface area contributed by atoms with Crippen LogP contribution >= 0.6 is 12.4 Å². The number of aliphatic hydroxyl groups excluding tert-OH is 1. The summed E-state index contributed by atoms with van der Waals surface area (Å²) in [5.74, 6) is -2.27. The average molecular weight is 419 g/mol. The molecule has 2 unspecified atom stereocenters. The first kappa shape index (κ1) is 25.8. The number of benzene rings is 1. The van der Waals surface area contributed by atoms with Crippen molar-refractivity contribution in [1.82, 2.24) is 15.5 Å². The largest absolute Gasteiger partial charge is 0.382 e. The van der Waals surface area contributed by atoms with Crippen LogP contribution in [0, 0.1) is 5.82 Å². The molecular weight excluding hydrogens is 391 g/mol. The van der Waals surface area contributed by atoms with Crippen LogP contribution in [0.15, 0.2) is 24.3 Å². The molecule has 0 saturated carbocycles. The van der Waals surface area contributed by atoms with Gasteiger partial charge in [-0.2, -0.15) is 0 Å². The fourth-order valence-electron chi connectivity index (χ4n) is 2.37. The van der Waals surface area contributed by atoms with Crippen LogP contribution in [-0.2, 0) is 14.4 Å². The minimum atomic E-state index is -1.42. The van der Waals surface area contributed by atoms with Gasteiger partial charge in [0.05, 0.1) is 6.54 Å². The van der Waals surface area contributed by atoms with Gasteiger partial charge in [-0.3, -0.25) is 14.4 Å². The van der Waals surface area contributed by atoms with Crippen LogP contribution < -0.4 is 16.4 Å². The third kappa shape index (κ3) is 7.79. The zero-order valence-corrected chi connectivity index (χ0v) is 17.0. The quantitative estimate of drug-likeness (QED) is 0.452. The number of aliphatic hydroxyl groups is 1. The van der Waals surface area contributed by atoms with Crippen molar-refractivity contribution in [2.45, 2.75) is 38.0 Å². The summed E-state index contributed by atoms with van der Waals surface area (Å²) in [6.45, 7) is 1.43. The molecule has 1 aromatic carbocycles. The Kier molecular flexibility index (Phi) is 11.3. The Labute approximate surface area is 170 Å². The van der Waals surface area contributed by atoms with Crippen molar-refractivity contribution in [3.8, 4) is 0 Å². The van der Waals surface area contributed by atoms with Gasteiger partial charge in [-0.1, -0.05) is 25.5 Å². The van der Waals surface area contributed by atoms with E-state index in [9.17, 15) is 23.9 Å². The molecule has 0 spiro atoms. The number of carbonyl (C=O) groups excluding carboxylic acids is 3. The van der Waals surface area contributed by atoms with E-state index in [0.29, 0.717) is 18.4 Å². The third-order valence-corrected chi connectivity index (χ3v) is 3.92. The number of nitrogens with two attached hydrogens (primary N) is 1. The maximum Gasteiger partial charge on any atom is 0.250 e. The van der Waals surface area contributed by atoms with Gasteiger partial charge in [0, 0.05) is 20.1 Å². The lowest BCUT2D eigenvalue weighted by atomic mass is 10.1. The summed E-state index contributed by atoms with van der Waals surface area (Å²) in [5.41, 5.74) is 6.09. The molecule has 0 aromatic heterocycles. The van der Waals surface area contributed by atoms with Gasteiger partial charge >= 0.3 is 0 Å². The van der Waals surface area contributed by atoms with Gasteiger partial charge in [0.1, 0.15) is 18.0 Å². The summed E-state index contributed by atoms with van der Waals surface area (Å²) in [6.07, 6.45) is -0.253. The molecule has 28 heavy (non-hydrogen) atoms. The second-order valence-electron chi connectivity index (χ2n) is 6.40. The van der Waals surface area contributed by atoms with E-state index in [-0.39, 0.29) is 12.4 Å². The zero-order chi connectivity index (χ0) is 20.6. The molecule has 158 valence electrons. The maximum atomic E-state index is 13.1. The van der Waals surface area contributed by atoms with Crippen molar-refractivity contribution >= 4 is 30.1 Å². The number of amides is 3. The molecule has 0 aliphatic carbocycles. The van der Waals surface area contributed by atoms with Gasteiger partial charge < -0.3 is 26.4 Å². The van der Waals surface area contributed by atoms with Crippen molar-refractivity contribution in [2.24, 2.45) is 5.73 Å². The molecule has 5 N–H and O–H groups in total. The lowest BCUT2D eigenvalue weighted by Gasteiger charge is -2.22. The SMILES string of the molecule is CCC[C@H](N)C(O)C(=O)NCC(=O)NC(C(=O)N(C)C)c1ccc(F)cc1.Cl. The number of hydrogen-bond donors (Lipinski definition) is 4. The molecule has 1 rings (SSSR count). The van der Waals surface area contributed by atoms with Crippen molar-refractivity contribution in [3.05, 3.63) is 35.6 Å². The normalized spacial score (nSPS) is 13.5. The van der Waals surface area contributed by atoms with E-state index in [1.165, 1.54) is 43.3 Å². The Morgan fingerprint density at radius 3 is 2.29 bits per heavy atom. The van der Waals surface area contributed by atoms with Crippen LogP contribution in [0.1, 0.15) is 31.4 Å². The molecule has 0 saturated heterocycles. The lowest BCUT2D eigenvalue weighted by molar-refractivity contribution is -0.135. The number of nitrogens with zero attached hydrogens (tertiary/aromatic N) is 1. The smallest absolute Gasteiger partial charge is 0.250 e. The summed E-state index contributed by atoms with van der Waals surface area (Å²) < 4.78 is 13.1. The van der Waals surface area contributed by atoms with E-state index in [1.54, 1.807) is 0 Å². The highest BCUT2D eigenvalue weighted by molar-refractivity contribution is 5.91. The predicted molar refractivity (Wildman–Crippen MR) is 105 cm³/mol. The van der Waals surface area contributed by atoms with Crippen molar-refractivity contribution in [2.75, 3.05) is 20.6 Å². The molecular formula is C18H28ClFN4O4. The fourth-order valence-corrected chi connectivity index (χ4v) is 2.37. The molecule has 8 nitrogen and oxygen atoms in total. The Balaban J connectivity index is 0.00000729. The Bertz CT molecular complexity index is 657. The molecule has 0 bridgehead atoms. The predicted octanol–water partition coefficient (Wildman–Crippen LogP) is 0.0975. The third-order valence-electron chi connectivity index (χ3n) is 3.92. The van der Waals surface area contributed by atoms with E-state index in [1.807, 2.05) is 6.92 Å². The summed E-state index contributed by atoms with van der Waals surface area (Å²) in [7, 11) is 3.05. The zero-order valence-electron chi connectivity index (χ0n) is 16.1. The topological polar surface area (TPSA) is 125 Å². The van der Waals surface area contributed by atoms with Crippen molar-refractivity contribution < 1.29 is 23.9 Å². The van der Waals surface area contributed by atoms with Crippen LogP contribution in [0.25, 0.3) is 0 Å². The molecule has 0 aliphatic rings. The van der Waals surface area contributed by atoms with Gasteiger partial charge in [0.2, 0.25) is 11.8 Å². The highest BCUT2D eigenvalue weighted by Crippen LogP contribution is 2.15. The maximum absolute atomic E-state index is 13.1. The summed E-state index contributed by atoms with van der Waals surface area (Å²) in [5, 5.41) is 14.6. The second kappa shape index (κ2) is 12.3. The molecule has 0 radical (unpaired) electrons. The number of halogens is 2. The molecule has 3 atom stereocenters. The fraction of sp³-hybridized carbons (Fsp3) is 0.500. The molecule has 10 heteroatoms. The number of rotatable bonds is 9. The first-order chi connectivity index (χ1) is 12.7.